The van der Waals surface area contributed by atoms with Crippen molar-refractivity contribution >= 4 is 16.6 Å². The first kappa shape index (κ1) is 31.3. The van der Waals surface area contributed by atoms with E-state index in [2.05, 4.69) is 54.6 Å². The second kappa shape index (κ2) is 11.9. The van der Waals surface area contributed by atoms with Crippen molar-refractivity contribution < 1.29 is 32.2 Å². The van der Waals surface area contributed by atoms with Crippen LogP contribution >= 0.6 is 0 Å². The van der Waals surface area contributed by atoms with E-state index in [9.17, 15) is 4.39 Å². The average molecular weight is 537 g/mol. The molecule has 0 amide bonds. The van der Waals surface area contributed by atoms with Crippen LogP contribution in [0.1, 0.15) is 75.2 Å². The third kappa shape index (κ3) is 7.16. The minimum atomic E-state index is -2.02. The smallest absolute Gasteiger partial charge is 0.201 e. The minimum Gasteiger partial charge on any atom is -0.409 e. The van der Waals surface area contributed by atoms with Crippen LogP contribution in [-0.4, -0.2) is 72.5 Å². The van der Waals surface area contributed by atoms with Crippen LogP contribution in [0.25, 0.3) is 0 Å². The van der Waals surface area contributed by atoms with Crippen LogP contribution in [-0.2, 0) is 27.8 Å². The van der Waals surface area contributed by atoms with Crippen molar-refractivity contribution in [1.29, 1.82) is 0 Å². The Bertz CT molecular complexity index is 662. The molecule has 0 radical (unpaired) electrons. The van der Waals surface area contributed by atoms with Crippen molar-refractivity contribution in [3.63, 3.8) is 0 Å². The van der Waals surface area contributed by atoms with Gasteiger partial charge in [-0.1, -0.05) is 41.5 Å². The molecule has 35 heavy (non-hydrogen) atoms. The molecule has 2 fully saturated rings. The molecular weight excluding hydrogens is 483 g/mol. The molecule has 0 spiro atoms. The largest absolute Gasteiger partial charge is 0.409 e. The molecule has 2 saturated heterocycles. The summed E-state index contributed by atoms with van der Waals surface area (Å²) in [5, 5.41) is 0.0868. The van der Waals surface area contributed by atoms with E-state index >= 15 is 0 Å². The van der Waals surface area contributed by atoms with Crippen molar-refractivity contribution in [1.82, 2.24) is 0 Å². The van der Waals surface area contributed by atoms with Gasteiger partial charge in [0.2, 0.25) is 6.36 Å². The normalized spacial score (nSPS) is 37.5. The van der Waals surface area contributed by atoms with Crippen LogP contribution in [0.2, 0.25) is 36.3 Å². The number of methoxy groups -OCH3 is 1. The Balaban J connectivity index is 2.23. The molecule has 0 N–H and O–H groups in total. The Kier molecular flexibility index (Phi) is 10.6. The minimum absolute atomic E-state index is 0.0868. The maximum absolute atomic E-state index is 14.6. The van der Waals surface area contributed by atoms with E-state index in [4.69, 9.17) is 27.8 Å². The lowest BCUT2D eigenvalue weighted by Crippen LogP contribution is -2.63. The van der Waals surface area contributed by atoms with Crippen LogP contribution < -0.4 is 0 Å². The maximum Gasteiger partial charge on any atom is 0.201 e. The summed E-state index contributed by atoms with van der Waals surface area (Å²) >= 11 is 0. The third-order valence-corrected chi connectivity index (χ3v) is 18.0. The van der Waals surface area contributed by atoms with Gasteiger partial charge >= 0.3 is 0 Å². The van der Waals surface area contributed by atoms with E-state index in [1.54, 1.807) is 7.11 Å². The fraction of sp³-hybridized carbons (Fsp3) is 1.00. The van der Waals surface area contributed by atoms with Gasteiger partial charge in [-0.3, -0.25) is 0 Å². The molecule has 6 nitrogen and oxygen atoms in total. The topological polar surface area (TPSA) is 55.4 Å². The average Bonchev–Trinajstić information content (AvgIpc) is 2.75. The first-order valence-electron chi connectivity index (χ1n) is 13.6. The van der Waals surface area contributed by atoms with E-state index in [0.717, 1.165) is 18.1 Å². The van der Waals surface area contributed by atoms with Gasteiger partial charge in [-0.05, 0) is 57.0 Å². The predicted octanol–water partition coefficient (Wildman–Crippen LogP) is 6.80. The van der Waals surface area contributed by atoms with Crippen molar-refractivity contribution in [2.45, 2.75) is 160 Å². The van der Waals surface area contributed by atoms with Crippen molar-refractivity contribution in [3.8, 4) is 0 Å². The van der Waals surface area contributed by atoms with Gasteiger partial charge in [0.15, 0.2) is 22.9 Å². The molecule has 2 aliphatic rings. The highest BCUT2D eigenvalue weighted by Gasteiger charge is 2.53. The fourth-order valence-corrected chi connectivity index (χ4v) is 9.77. The van der Waals surface area contributed by atoms with Gasteiger partial charge in [-0.15, -0.1) is 0 Å². The first-order valence-corrected chi connectivity index (χ1v) is 19.0. The standard InChI is InChI=1S/C26H53FO6Si2/c1-13-35(14-2,15-3)33-26(9)17-21(27)29-19(5)24(26)31-22-16-20(28-10)23(18(4)30-22)32-34(11,12)25(6,7)8/h18-24H,13-17H2,1-12H3/t18-,19+,20-,21?,22+,23-,24+,26+/m1/s1. The number of rotatable bonds is 10. The van der Waals surface area contributed by atoms with E-state index in [1.165, 1.54) is 0 Å². The van der Waals surface area contributed by atoms with Crippen molar-refractivity contribution in [2.24, 2.45) is 0 Å². The zero-order valence-electron chi connectivity index (χ0n) is 24.4. The summed E-state index contributed by atoms with van der Waals surface area (Å²) in [6.07, 6.45) is -2.61. The summed E-state index contributed by atoms with van der Waals surface area (Å²) in [5.41, 5.74) is -0.783. The van der Waals surface area contributed by atoms with Gasteiger partial charge in [0.25, 0.3) is 0 Å². The molecule has 2 heterocycles. The summed E-state index contributed by atoms with van der Waals surface area (Å²) in [5.74, 6) is 0. The predicted molar refractivity (Wildman–Crippen MR) is 143 cm³/mol. The zero-order valence-corrected chi connectivity index (χ0v) is 26.4. The number of hydrogen-bond donors (Lipinski definition) is 0. The van der Waals surface area contributed by atoms with Crippen LogP contribution in [0, 0.1) is 0 Å². The van der Waals surface area contributed by atoms with Gasteiger partial charge in [-0.25, -0.2) is 4.39 Å². The molecule has 1 unspecified atom stereocenters. The Morgan fingerprint density at radius 3 is 2.06 bits per heavy atom. The van der Waals surface area contributed by atoms with Gasteiger partial charge in [0.1, 0.15) is 6.10 Å². The van der Waals surface area contributed by atoms with Crippen molar-refractivity contribution in [2.75, 3.05) is 7.11 Å². The SMILES string of the molecule is CC[Si](CC)(CC)O[C@@]1(C)CC(F)O[C@@H](C)[C@@H]1O[C@H]1C[C@@H](OC)[C@H](O[Si](C)(C)C(C)(C)C)[C@@H](C)O1. The molecule has 0 aromatic carbocycles. The molecule has 0 aliphatic carbocycles. The molecule has 2 rings (SSSR count). The molecule has 208 valence electrons. The number of alkyl halides is 1. The fourth-order valence-electron chi connectivity index (χ4n) is 5.27. The van der Waals surface area contributed by atoms with Crippen LogP contribution in [0.5, 0.6) is 0 Å². The lowest BCUT2D eigenvalue weighted by molar-refractivity contribution is -0.314. The Labute approximate surface area is 216 Å². The number of hydrogen-bond acceptors (Lipinski definition) is 6. The monoisotopic (exact) mass is 536 g/mol. The van der Waals surface area contributed by atoms with Gasteiger partial charge in [0, 0.05) is 20.0 Å². The molecule has 8 atom stereocenters. The molecular formula is C26H53FO6Si2. The molecule has 0 saturated carbocycles. The van der Waals surface area contributed by atoms with E-state index in [0.29, 0.717) is 6.42 Å². The van der Waals surface area contributed by atoms with Gasteiger partial charge < -0.3 is 27.8 Å². The van der Waals surface area contributed by atoms with Crippen molar-refractivity contribution in [3.05, 3.63) is 0 Å². The lowest BCUT2D eigenvalue weighted by Gasteiger charge is -2.51. The summed E-state index contributed by atoms with van der Waals surface area (Å²) in [7, 11) is -2.31. The molecule has 0 bridgehead atoms. The van der Waals surface area contributed by atoms with Crippen LogP contribution in [0.15, 0.2) is 0 Å². The highest BCUT2D eigenvalue weighted by Crippen LogP contribution is 2.43. The van der Waals surface area contributed by atoms with Crippen LogP contribution in [0.3, 0.4) is 0 Å². The Morgan fingerprint density at radius 1 is 1.00 bits per heavy atom. The summed E-state index contributed by atoms with van der Waals surface area (Å²) in [4.78, 5) is 0. The highest BCUT2D eigenvalue weighted by molar-refractivity contribution is 6.74. The van der Waals surface area contributed by atoms with Crippen LogP contribution in [0.4, 0.5) is 4.39 Å². The molecule has 0 aromatic heterocycles. The molecule has 2 aliphatic heterocycles. The Morgan fingerprint density at radius 2 is 1.57 bits per heavy atom. The number of halogens is 1. The Hall–Kier alpha value is 0.124. The quantitative estimate of drug-likeness (QED) is 0.286. The van der Waals surface area contributed by atoms with Gasteiger partial charge in [0.05, 0.1) is 30.0 Å². The summed E-state index contributed by atoms with van der Waals surface area (Å²) in [6.45, 7) is 23.6. The first-order chi connectivity index (χ1) is 16.1. The van der Waals surface area contributed by atoms with E-state index in [1.807, 2.05) is 20.8 Å². The number of ether oxygens (including phenoxy) is 4. The summed E-state index contributed by atoms with van der Waals surface area (Å²) in [6, 6.07) is 2.97. The second-order valence-electron chi connectivity index (χ2n) is 12.3. The molecule has 9 heteroatoms. The molecule has 0 aromatic rings. The lowest BCUT2D eigenvalue weighted by atomic mass is 9.89. The second-order valence-corrected chi connectivity index (χ2v) is 21.7. The summed E-state index contributed by atoms with van der Waals surface area (Å²) < 4.78 is 52.7. The van der Waals surface area contributed by atoms with E-state index < -0.39 is 47.1 Å². The zero-order chi connectivity index (χ0) is 26.8. The highest BCUT2D eigenvalue weighted by atomic mass is 28.4. The van der Waals surface area contributed by atoms with Gasteiger partial charge in [-0.2, -0.15) is 0 Å². The third-order valence-electron chi connectivity index (χ3n) is 8.80. The van der Waals surface area contributed by atoms with E-state index in [-0.39, 0.29) is 29.8 Å². The maximum atomic E-state index is 14.6.